The van der Waals surface area contributed by atoms with Crippen LogP contribution in [0.3, 0.4) is 0 Å². The van der Waals surface area contributed by atoms with Crippen LogP contribution >= 0.6 is 10.8 Å². The zero-order chi connectivity index (χ0) is 7.33. The molecule has 0 aliphatic carbocycles. The summed E-state index contributed by atoms with van der Waals surface area (Å²) in [6, 6.07) is 0. The van der Waals surface area contributed by atoms with E-state index in [1.165, 1.54) is 0 Å². The number of halogens is 1. The van der Waals surface area contributed by atoms with E-state index in [1.54, 1.807) is 0 Å². The zero-order valence-electron chi connectivity index (χ0n) is 4.45. The molecule has 0 rings (SSSR count). The minimum absolute atomic E-state index is 0.0509. The van der Waals surface area contributed by atoms with Gasteiger partial charge >= 0.3 is 0 Å². The van der Waals surface area contributed by atoms with Crippen LogP contribution in [-0.4, -0.2) is 14.2 Å². The Morgan fingerprint density at radius 1 is 1.67 bits per heavy atom. The molecule has 54 valence electrons. The second-order valence-corrected chi connectivity index (χ2v) is 4.79. The number of nitrogens with two attached hydrogens (primary N) is 1. The SMILES string of the molecule is NS(=O)(=O)SCC=CF. The highest BCUT2D eigenvalue weighted by Gasteiger charge is 1.98. The van der Waals surface area contributed by atoms with Crippen molar-refractivity contribution in [3.8, 4) is 0 Å². The highest BCUT2D eigenvalue weighted by Crippen LogP contribution is 2.05. The molecular weight excluding hydrogens is 165 g/mol. The molecule has 0 amide bonds. The lowest BCUT2D eigenvalue weighted by molar-refractivity contribution is 0.612. The van der Waals surface area contributed by atoms with Crippen molar-refractivity contribution in [2.24, 2.45) is 5.14 Å². The molecule has 0 spiro atoms. The molecule has 0 aromatic carbocycles. The lowest BCUT2D eigenvalue weighted by atomic mass is 10.7. The standard InChI is InChI=1S/C3H6FNO2S2/c4-2-1-3-8-9(5,6)7/h1-2H,3H2,(H2,5,6,7). The first-order chi connectivity index (χ1) is 4.06. The normalized spacial score (nSPS) is 12.7. The Morgan fingerprint density at radius 3 is 2.56 bits per heavy atom. The Morgan fingerprint density at radius 2 is 2.22 bits per heavy atom. The largest absolute Gasteiger partial charge is 0.262 e. The molecule has 0 unspecified atom stereocenters. The van der Waals surface area contributed by atoms with Gasteiger partial charge in [-0.3, -0.25) is 0 Å². The van der Waals surface area contributed by atoms with E-state index in [0.29, 0.717) is 10.8 Å². The molecule has 0 fully saturated rings. The lowest BCUT2D eigenvalue weighted by Gasteiger charge is -1.88. The predicted octanol–water partition coefficient (Wildman–Crippen LogP) is 0.406. The van der Waals surface area contributed by atoms with Crippen molar-refractivity contribution in [3.05, 3.63) is 12.4 Å². The molecule has 0 aromatic heterocycles. The van der Waals surface area contributed by atoms with Gasteiger partial charge in [0.2, 0.25) is 0 Å². The van der Waals surface area contributed by atoms with E-state index in [-0.39, 0.29) is 12.1 Å². The van der Waals surface area contributed by atoms with Gasteiger partial charge in [-0.2, -0.15) is 0 Å². The third kappa shape index (κ3) is 7.93. The van der Waals surface area contributed by atoms with Crippen LogP contribution in [0.15, 0.2) is 12.4 Å². The second-order valence-electron chi connectivity index (χ2n) is 1.14. The Kier molecular flexibility index (Phi) is 3.83. The van der Waals surface area contributed by atoms with Crippen molar-refractivity contribution in [1.29, 1.82) is 0 Å². The molecule has 0 aromatic rings. The average Bonchev–Trinajstić information content (AvgIpc) is 1.63. The Balaban J connectivity index is 3.53. The Bertz CT molecular complexity index is 186. The summed E-state index contributed by atoms with van der Waals surface area (Å²) in [5.74, 6) is 0.0509. The molecule has 2 N–H and O–H groups in total. The summed E-state index contributed by atoms with van der Waals surface area (Å²) < 4.78 is 31.3. The van der Waals surface area contributed by atoms with Crippen molar-refractivity contribution in [2.45, 2.75) is 0 Å². The molecule has 9 heavy (non-hydrogen) atoms. The molecule has 0 bridgehead atoms. The van der Waals surface area contributed by atoms with E-state index < -0.39 is 9.06 Å². The van der Waals surface area contributed by atoms with Crippen molar-refractivity contribution in [2.75, 3.05) is 5.75 Å². The quantitative estimate of drug-likeness (QED) is 0.625. The fourth-order valence-electron chi connectivity index (χ4n) is 0.170. The summed E-state index contributed by atoms with van der Waals surface area (Å²) in [5, 5.41) is 4.56. The molecule has 0 heterocycles. The first-order valence-electron chi connectivity index (χ1n) is 1.98. The van der Waals surface area contributed by atoms with Gasteiger partial charge in [-0.15, -0.1) is 0 Å². The average molecular weight is 171 g/mol. The minimum atomic E-state index is -3.50. The molecule has 3 nitrogen and oxygen atoms in total. The first kappa shape index (κ1) is 8.93. The summed E-state index contributed by atoms with van der Waals surface area (Å²) >= 11 is 0. The molecule has 0 radical (unpaired) electrons. The predicted molar refractivity (Wildman–Crippen MR) is 35.8 cm³/mol. The Hall–Kier alpha value is -0.0700. The third-order valence-electron chi connectivity index (χ3n) is 0.418. The van der Waals surface area contributed by atoms with Gasteiger partial charge in [-0.1, -0.05) is 0 Å². The minimum Gasteiger partial charge on any atom is -0.220 e. The summed E-state index contributed by atoms with van der Waals surface area (Å²) in [4.78, 5) is 0. The summed E-state index contributed by atoms with van der Waals surface area (Å²) in [5.41, 5.74) is 0. The van der Waals surface area contributed by atoms with Gasteiger partial charge < -0.3 is 0 Å². The second kappa shape index (κ2) is 3.86. The van der Waals surface area contributed by atoms with Crippen LogP contribution in [0.1, 0.15) is 0 Å². The van der Waals surface area contributed by atoms with E-state index in [4.69, 9.17) is 0 Å². The van der Waals surface area contributed by atoms with Crippen molar-refractivity contribution in [3.63, 3.8) is 0 Å². The summed E-state index contributed by atoms with van der Waals surface area (Å²) in [7, 11) is -3.02. The number of rotatable bonds is 3. The number of hydrogen-bond acceptors (Lipinski definition) is 3. The van der Waals surface area contributed by atoms with Gasteiger partial charge in [0.05, 0.1) is 6.33 Å². The van der Waals surface area contributed by atoms with Crippen molar-refractivity contribution < 1.29 is 12.8 Å². The maximum Gasteiger partial charge on any atom is 0.262 e. The van der Waals surface area contributed by atoms with E-state index in [0.717, 1.165) is 6.08 Å². The van der Waals surface area contributed by atoms with E-state index in [2.05, 4.69) is 5.14 Å². The van der Waals surface area contributed by atoms with Gasteiger partial charge in [0, 0.05) is 5.75 Å². The molecule has 6 heteroatoms. The molecule has 0 saturated heterocycles. The highest BCUT2D eigenvalue weighted by atomic mass is 33.1. The maximum atomic E-state index is 11.1. The van der Waals surface area contributed by atoms with Crippen LogP contribution < -0.4 is 5.14 Å². The molecule has 0 saturated carbocycles. The van der Waals surface area contributed by atoms with E-state index >= 15 is 0 Å². The van der Waals surface area contributed by atoms with Crippen LogP contribution in [0.2, 0.25) is 0 Å². The topological polar surface area (TPSA) is 60.2 Å². The van der Waals surface area contributed by atoms with Gasteiger partial charge in [0.1, 0.15) is 0 Å². The summed E-state index contributed by atoms with van der Waals surface area (Å²) in [6.07, 6.45) is 1.34. The fourth-order valence-corrected chi connectivity index (χ4v) is 1.32. The Labute approximate surface area is 56.6 Å². The molecular formula is C3H6FNO2S2. The fraction of sp³-hybridized carbons (Fsp3) is 0.333. The molecule has 0 aliphatic heterocycles. The van der Waals surface area contributed by atoms with Crippen LogP contribution in [0, 0.1) is 0 Å². The van der Waals surface area contributed by atoms with Crippen LogP contribution in [-0.2, 0) is 9.06 Å². The van der Waals surface area contributed by atoms with Crippen molar-refractivity contribution >= 4 is 19.8 Å². The monoisotopic (exact) mass is 171 g/mol. The highest BCUT2D eigenvalue weighted by molar-refractivity contribution is 8.71. The zero-order valence-corrected chi connectivity index (χ0v) is 6.08. The lowest BCUT2D eigenvalue weighted by Crippen LogP contribution is -2.06. The molecule has 0 aliphatic rings. The summed E-state index contributed by atoms with van der Waals surface area (Å²) in [6.45, 7) is 0. The maximum absolute atomic E-state index is 11.1. The van der Waals surface area contributed by atoms with Gasteiger partial charge in [0.15, 0.2) is 0 Å². The van der Waals surface area contributed by atoms with Crippen LogP contribution in [0.5, 0.6) is 0 Å². The van der Waals surface area contributed by atoms with Crippen molar-refractivity contribution in [1.82, 2.24) is 0 Å². The van der Waals surface area contributed by atoms with E-state index in [1.807, 2.05) is 0 Å². The number of hydrogen-bond donors (Lipinski definition) is 1. The van der Waals surface area contributed by atoms with E-state index in [9.17, 15) is 12.8 Å². The van der Waals surface area contributed by atoms with Crippen LogP contribution in [0.4, 0.5) is 4.39 Å². The van der Waals surface area contributed by atoms with Gasteiger partial charge in [-0.25, -0.2) is 17.9 Å². The van der Waals surface area contributed by atoms with Gasteiger partial charge in [-0.05, 0) is 16.9 Å². The molecule has 0 atom stereocenters. The smallest absolute Gasteiger partial charge is 0.220 e. The van der Waals surface area contributed by atoms with Crippen LogP contribution in [0.25, 0.3) is 0 Å². The third-order valence-corrected chi connectivity index (χ3v) is 2.47. The first-order valence-corrected chi connectivity index (χ1v) is 5.03. The van der Waals surface area contributed by atoms with Gasteiger partial charge in [0.25, 0.3) is 9.06 Å².